The Hall–Kier alpha value is -1.73. The first kappa shape index (κ1) is 15.7. The maximum Gasteiger partial charge on any atom is 0.192 e. The van der Waals surface area contributed by atoms with Crippen LogP contribution >= 0.6 is 0 Å². The Morgan fingerprint density at radius 2 is 2.00 bits per heavy atom. The molecule has 3 atom stereocenters. The Morgan fingerprint density at radius 1 is 1.29 bits per heavy atom. The number of hydrogen-bond donors (Lipinski definition) is 4. The molecule has 21 heavy (non-hydrogen) atoms. The molecule has 0 amide bonds. The number of ketones is 1. The van der Waals surface area contributed by atoms with Crippen molar-refractivity contribution in [1.82, 2.24) is 0 Å². The van der Waals surface area contributed by atoms with Crippen molar-refractivity contribution in [2.45, 2.75) is 31.8 Å². The molecule has 4 N–H and O–H groups in total. The van der Waals surface area contributed by atoms with E-state index in [1.165, 1.54) is 6.07 Å². The molecule has 0 saturated carbocycles. The number of aliphatic hydroxyl groups excluding tert-OH is 3. The molecule has 0 radical (unpaired) electrons. The number of phenols is 1. The first-order valence-electron chi connectivity index (χ1n) is 6.56. The summed E-state index contributed by atoms with van der Waals surface area (Å²) in [6.45, 7) is 1.17. The van der Waals surface area contributed by atoms with Crippen LogP contribution in [0, 0.1) is 6.92 Å². The van der Waals surface area contributed by atoms with Crippen LogP contribution in [0.1, 0.15) is 11.1 Å². The Kier molecular flexibility index (Phi) is 4.74. The zero-order chi connectivity index (χ0) is 15.6. The van der Waals surface area contributed by atoms with Gasteiger partial charge in [-0.05, 0) is 24.6 Å². The summed E-state index contributed by atoms with van der Waals surface area (Å²) >= 11 is 0. The second-order valence-corrected chi connectivity index (χ2v) is 5.00. The van der Waals surface area contributed by atoms with E-state index in [2.05, 4.69) is 0 Å². The van der Waals surface area contributed by atoms with Crippen LogP contribution in [-0.2, 0) is 16.1 Å². The van der Waals surface area contributed by atoms with Crippen molar-refractivity contribution in [3.05, 3.63) is 41.0 Å². The minimum atomic E-state index is -1.40. The third-order valence-corrected chi connectivity index (χ3v) is 3.57. The van der Waals surface area contributed by atoms with E-state index in [0.29, 0.717) is 5.56 Å². The van der Waals surface area contributed by atoms with Gasteiger partial charge in [0.15, 0.2) is 5.78 Å². The summed E-state index contributed by atoms with van der Waals surface area (Å²) < 4.78 is 5.39. The summed E-state index contributed by atoms with van der Waals surface area (Å²) in [6, 6.07) is 4.97. The quantitative estimate of drug-likeness (QED) is 0.613. The smallest absolute Gasteiger partial charge is 0.192 e. The van der Waals surface area contributed by atoms with Crippen LogP contribution in [-0.4, -0.2) is 51.1 Å². The van der Waals surface area contributed by atoms with Gasteiger partial charge < -0.3 is 25.2 Å². The number of aryl methyl sites for hydroxylation is 1. The molecule has 1 aliphatic rings. The van der Waals surface area contributed by atoms with E-state index < -0.39 is 30.7 Å². The van der Waals surface area contributed by atoms with Crippen molar-refractivity contribution in [3.8, 4) is 5.75 Å². The van der Waals surface area contributed by atoms with Crippen LogP contribution in [0.25, 0.3) is 0 Å². The number of aromatic hydroxyl groups is 1. The van der Waals surface area contributed by atoms with Crippen molar-refractivity contribution < 1.29 is 30.0 Å². The van der Waals surface area contributed by atoms with Gasteiger partial charge in [0.05, 0.1) is 13.2 Å². The summed E-state index contributed by atoms with van der Waals surface area (Å²) in [6.07, 6.45) is -2.83. The highest BCUT2D eigenvalue weighted by molar-refractivity contribution is 6.00. The van der Waals surface area contributed by atoms with E-state index in [9.17, 15) is 20.1 Å². The Balaban J connectivity index is 2.16. The molecule has 6 nitrogen and oxygen atoms in total. The number of hydrogen-bond acceptors (Lipinski definition) is 6. The first-order chi connectivity index (χ1) is 9.95. The maximum absolute atomic E-state index is 12.0. The Bertz CT molecular complexity index is 545. The fourth-order valence-electron chi connectivity index (χ4n) is 2.26. The van der Waals surface area contributed by atoms with E-state index in [4.69, 9.17) is 9.84 Å². The molecule has 0 saturated heterocycles. The fraction of sp³-hybridized carbons (Fsp3) is 0.400. The standard InChI is InChI=1S/C15H18O6/c1-8-3-2-4-11(17)10(8)7-21-15-13(19)9(6-16)5-12(18)14(15)20/h2-5,12,14-18,20H,6-7H2,1H3. The van der Waals surface area contributed by atoms with Gasteiger partial charge in [-0.3, -0.25) is 4.79 Å². The summed E-state index contributed by atoms with van der Waals surface area (Å²) in [7, 11) is 0. The number of rotatable bonds is 4. The molecule has 114 valence electrons. The van der Waals surface area contributed by atoms with Crippen molar-refractivity contribution >= 4 is 5.78 Å². The van der Waals surface area contributed by atoms with Crippen LogP contribution in [0.15, 0.2) is 29.8 Å². The lowest BCUT2D eigenvalue weighted by Gasteiger charge is -2.29. The average Bonchev–Trinajstić information content (AvgIpc) is 2.45. The van der Waals surface area contributed by atoms with Crippen LogP contribution < -0.4 is 0 Å². The highest BCUT2D eigenvalue weighted by Crippen LogP contribution is 2.25. The van der Waals surface area contributed by atoms with E-state index in [1.54, 1.807) is 19.1 Å². The molecule has 6 heteroatoms. The third-order valence-electron chi connectivity index (χ3n) is 3.57. The number of Topliss-reactive ketones (excluding diaryl/α,β-unsaturated/α-hetero) is 1. The van der Waals surface area contributed by atoms with Gasteiger partial charge >= 0.3 is 0 Å². The van der Waals surface area contributed by atoms with Gasteiger partial charge in [0.2, 0.25) is 0 Å². The molecule has 0 bridgehead atoms. The van der Waals surface area contributed by atoms with Gasteiger partial charge in [0.1, 0.15) is 24.1 Å². The first-order valence-corrected chi connectivity index (χ1v) is 6.56. The lowest BCUT2D eigenvalue weighted by Crippen LogP contribution is -2.48. The molecule has 0 aliphatic heterocycles. The molecule has 1 aliphatic carbocycles. The van der Waals surface area contributed by atoms with Crippen molar-refractivity contribution in [3.63, 3.8) is 0 Å². The second kappa shape index (κ2) is 6.36. The normalized spacial score (nSPS) is 25.8. The van der Waals surface area contributed by atoms with E-state index in [0.717, 1.165) is 11.6 Å². The predicted molar refractivity (Wildman–Crippen MR) is 73.6 cm³/mol. The second-order valence-electron chi connectivity index (χ2n) is 5.00. The molecular formula is C15H18O6. The SMILES string of the molecule is Cc1cccc(O)c1COC1C(=O)C(CO)=CC(O)C1O. The highest BCUT2D eigenvalue weighted by Gasteiger charge is 2.38. The van der Waals surface area contributed by atoms with Crippen molar-refractivity contribution in [1.29, 1.82) is 0 Å². The van der Waals surface area contributed by atoms with Crippen molar-refractivity contribution in [2.24, 2.45) is 0 Å². The number of ether oxygens (including phenoxy) is 1. The molecule has 2 rings (SSSR count). The fourth-order valence-corrected chi connectivity index (χ4v) is 2.26. The van der Waals surface area contributed by atoms with Gasteiger partial charge in [-0.1, -0.05) is 12.1 Å². The lowest BCUT2D eigenvalue weighted by atomic mass is 9.91. The number of phenolic OH excluding ortho intramolecular Hbond substituents is 1. The molecule has 3 unspecified atom stereocenters. The molecule has 0 spiro atoms. The third kappa shape index (κ3) is 3.14. The highest BCUT2D eigenvalue weighted by atomic mass is 16.5. The molecule has 0 aromatic heterocycles. The van der Waals surface area contributed by atoms with E-state index >= 15 is 0 Å². The molecule has 0 heterocycles. The topological polar surface area (TPSA) is 107 Å². The molecule has 1 aromatic rings. The number of aliphatic hydroxyl groups is 3. The Morgan fingerprint density at radius 3 is 2.62 bits per heavy atom. The monoisotopic (exact) mass is 294 g/mol. The Labute approximate surface area is 121 Å². The van der Waals surface area contributed by atoms with Crippen molar-refractivity contribution in [2.75, 3.05) is 6.61 Å². The summed E-state index contributed by atoms with van der Waals surface area (Å²) in [5, 5.41) is 38.4. The maximum atomic E-state index is 12.0. The van der Waals surface area contributed by atoms with Crippen LogP contribution in [0.3, 0.4) is 0 Å². The minimum absolute atomic E-state index is 0.00630. The van der Waals surface area contributed by atoms with Crippen LogP contribution in [0.2, 0.25) is 0 Å². The van der Waals surface area contributed by atoms with E-state index in [1.807, 2.05) is 0 Å². The summed E-state index contributed by atoms with van der Waals surface area (Å²) in [5.74, 6) is -0.533. The van der Waals surface area contributed by atoms with Gasteiger partial charge in [-0.2, -0.15) is 0 Å². The van der Waals surface area contributed by atoms with Gasteiger partial charge in [-0.25, -0.2) is 0 Å². The zero-order valence-electron chi connectivity index (χ0n) is 11.6. The van der Waals surface area contributed by atoms with Crippen LogP contribution in [0.4, 0.5) is 0 Å². The summed E-state index contributed by atoms with van der Waals surface area (Å²) in [5.41, 5.74) is 1.30. The molecular weight excluding hydrogens is 276 g/mol. The van der Waals surface area contributed by atoms with Gasteiger partial charge in [0.25, 0.3) is 0 Å². The lowest BCUT2D eigenvalue weighted by molar-refractivity contribution is -0.144. The van der Waals surface area contributed by atoms with E-state index in [-0.39, 0.29) is 17.9 Å². The number of benzene rings is 1. The number of carbonyl (C=O) groups is 1. The number of carbonyl (C=O) groups excluding carboxylic acids is 1. The predicted octanol–water partition coefficient (Wildman–Crippen LogP) is -0.191. The zero-order valence-corrected chi connectivity index (χ0v) is 11.6. The average molecular weight is 294 g/mol. The van der Waals surface area contributed by atoms with Gasteiger partial charge in [-0.15, -0.1) is 0 Å². The minimum Gasteiger partial charge on any atom is -0.508 e. The largest absolute Gasteiger partial charge is 0.508 e. The van der Waals surface area contributed by atoms with Gasteiger partial charge in [0, 0.05) is 11.1 Å². The molecule has 0 fully saturated rings. The van der Waals surface area contributed by atoms with Crippen LogP contribution in [0.5, 0.6) is 5.75 Å². The summed E-state index contributed by atoms with van der Waals surface area (Å²) in [4.78, 5) is 12.0. The molecule has 1 aromatic carbocycles.